The van der Waals surface area contributed by atoms with Crippen LogP contribution in [0.25, 0.3) is 10.9 Å². The number of carboxylic acid groups (broad SMARTS) is 2. The number of aliphatic hydroxyl groups excluding tert-OH is 2. The highest BCUT2D eigenvalue weighted by Crippen LogP contribution is 2.20. The lowest BCUT2D eigenvalue weighted by Crippen LogP contribution is -2.62. The van der Waals surface area contributed by atoms with Crippen molar-refractivity contribution in [3.05, 3.63) is 71.9 Å². The van der Waals surface area contributed by atoms with E-state index in [4.69, 9.17) is 28.7 Å². The first kappa shape index (κ1) is 83.5. The average molecular weight is 1400 g/mol. The van der Waals surface area contributed by atoms with Crippen molar-refractivity contribution in [2.24, 2.45) is 40.5 Å². The predicted molar refractivity (Wildman–Crippen MR) is 358 cm³/mol. The monoisotopic (exact) mass is 1390 g/mol. The molecule has 0 aliphatic rings. The van der Waals surface area contributed by atoms with Gasteiger partial charge in [0.25, 0.3) is 0 Å². The molecular formula is C63H98N18O18. The van der Waals surface area contributed by atoms with E-state index in [0.29, 0.717) is 28.5 Å². The molecule has 3 aromatic rings. The quantitative estimate of drug-likeness (QED) is 0.0250. The summed E-state index contributed by atoms with van der Waals surface area (Å²) in [6.45, 7) is 4.35. The van der Waals surface area contributed by atoms with Gasteiger partial charge in [-0.05, 0) is 94.2 Å². The number of hydrogen-bond donors (Lipinski definition) is 22. The molecule has 3 rings (SSSR count). The summed E-state index contributed by atoms with van der Waals surface area (Å²) in [6, 6.07) is -2.83. The number of aliphatic hydroxyl groups is 2. The fourth-order valence-electron chi connectivity index (χ4n) is 9.88. The number of fused-ring (bicyclic) bond motifs is 1. The molecule has 0 radical (unpaired) electrons. The molecule has 0 fully saturated rings. The summed E-state index contributed by atoms with van der Waals surface area (Å²) in [5, 5.41) is 69.7. The van der Waals surface area contributed by atoms with E-state index in [1.807, 2.05) is 0 Å². The minimum absolute atomic E-state index is 0.0471. The number of para-hydroxylation sites is 1. The number of carbonyl (C=O) groups excluding carboxylic acids is 12. The van der Waals surface area contributed by atoms with Crippen molar-refractivity contribution in [3.8, 4) is 0 Å². The van der Waals surface area contributed by atoms with Crippen LogP contribution in [0, 0.1) is 11.8 Å². The Bertz CT molecular complexity index is 3230. The van der Waals surface area contributed by atoms with Crippen molar-refractivity contribution < 1.29 is 87.5 Å². The molecule has 0 aliphatic carbocycles. The van der Waals surface area contributed by atoms with Crippen molar-refractivity contribution in [3.63, 3.8) is 0 Å². The smallest absolute Gasteiger partial charge is 0.325 e. The van der Waals surface area contributed by atoms with E-state index in [0.717, 1.165) is 0 Å². The summed E-state index contributed by atoms with van der Waals surface area (Å²) in [7, 11) is 0. The van der Waals surface area contributed by atoms with Crippen LogP contribution < -0.4 is 92.5 Å². The van der Waals surface area contributed by atoms with Crippen molar-refractivity contribution in [1.29, 1.82) is 0 Å². The Labute approximate surface area is 571 Å². The second-order valence-electron chi connectivity index (χ2n) is 23.9. The molecule has 36 nitrogen and oxygen atoms in total. The lowest BCUT2D eigenvalue weighted by Gasteiger charge is -2.30. The highest BCUT2D eigenvalue weighted by Gasteiger charge is 2.38. The van der Waals surface area contributed by atoms with E-state index >= 15 is 0 Å². The summed E-state index contributed by atoms with van der Waals surface area (Å²) in [5.41, 5.74) is 30.3. The number of aromatic amines is 1. The number of hydrogen-bond acceptors (Lipinski definition) is 21. The van der Waals surface area contributed by atoms with Gasteiger partial charge in [-0.15, -0.1) is 0 Å². The highest BCUT2D eigenvalue weighted by molar-refractivity contribution is 6.00. The molecule has 2 aromatic carbocycles. The van der Waals surface area contributed by atoms with Gasteiger partial charge in [-0.25, -0.2) is 0 Å². The number of H-pyrrole nitrogens is 1. The molecule has 1 aromatic heterocycles. The van der Waals surface area contributed by atoms with E-state index in [1.54, 1.807) is 88.5 Å². The van der Waals surface area contributed by atoms with Crippen LogP contribution in [0.1, 0.15) is 90.7 Å². The second-order valence-corrected chi connectivity index (χ2v) is 23.9. The standard InChI is InChI=1S/C63H98N18O18/c1-6-33(4)51(62(97)71-34(5)63(98)99)81-61(96)50(32(2)3)80-56(91)40(16-17-49(85)86)74-57(92)44(26-35-12-8-7-9-13-35)77-55(90)43(21-25-67)75-54(89)42(20-24-66)76-60(95)47(31-83)79-58(93)45(27-36-28-69-39-15-11-10-14-37(36)39)78-59(94)46(30-82)72-48(84)29-70-53(88)41(19-23-65)73-52(87)38(68)18-22-64/h7-15,28,32-34,38,40-47,50-51,69,82-83H,6,16-27,29-31,64-68H2,1-5H3,(H,70,88)(H,71,97)(H,72,84)(H,73,87)(H,74,92)(H,75,89)(H,76,95)(H,77,90)(H,78,94)(H,79,93)(H,80,91)(H,81,96)(H,85,86)(H,98,99)/t33-,34-,38+,40-,41+,42-,43+,44-,45+,46+,47-,50-,51+/m0/s1. The number of carboxylic acids is 2. The summed E-state index contributed by atoms with van der Waals surface area (Å²) in [6.07, 6.45) is -0.404. The molecule has 1 heterocycles. The number of aromatic nitrogens is 1. The van der Waals surface area contributed by atoms with E-state index in [9.17, 15) is 87.5 Å². The van der Waals surface area contributed by atoms with Gasteiger partial charge in [-0.3, -0.25) is 67.1 Å². The van der Waals surface area contributed by atoms with Crippen molar-refractivity contribution in [2.45, 2.75) is 165 Å². The molecule has 13 atom stereocenters. The van der Waals surface area contributed by atoms with Crippen LogP contribution in [-0.2, 0) is 80.0 Å². The third-order valence-electron chi connectivity index (χ3n) is 15.8. The van der Waals surface area contributed by atoms with E-state index < -0.39 is 200 Å². The van der Waals surface area contributed by atoms with Crippen LogP contribution in [0.3, 0.4) is 0 Å². The van der Waals surface area contributed by atoms with Crippen LogP contribution in [0.5, 0.6) is 0 Å². The SMILES string of the molecule is CC[C@H](C)[C@@H](NC(=O)[C@@H](NC(=O)[C@H](CCC(=O)O)NC(=O)[C@H](Cc1ccccc1)NC(=O)[C@@H](CCN)NC(=O)[C@H](CCN)NC(=O)[C@H](CO)NC(=O)[C@@H](Cc1c[nH]c2ccccc12)NC(=O)[C@@H](CO)NC(=O)CNC(=O)[C@@H](CCN)NC(=O)[C@H](N)CCN)C(C)C)C(=O)N[C@@H](C)C(=O)O. The van der Waals surface area contributed by atoms with E-state index in [-0.39, 0.29) is 64.7 Å². The number of amides is 12. The zero-order valence-corrected chi connectivity index (χ0v) is 56.1. The Balaban J connectivity index is 1.87. The van der Waals surface area contributed by atoms with Crippen LogP contribution in [-0.4, -0.2) is 227 Å². The van der Waals surface area contributed by atoms with Crippen molar-refractivity contribution in [1.82, 2.24) is 68.8 Å². The number of nitrogens with one attached hydrogen (secondary N) is 13. The molecule has 0 aliphatic heterocycles. The Morgan fingerprint density at radius 1 is 0.455 bits per heavy atom. The Morgan fingerprint density at radius 2 is 0.879 bits per heavy atom. The van der Waals surface area contributed by atoms with Gasteiger partial charge in [0.1, 0.15) is 66.5 Å². The maximum Gasteiger partial charge on any atom is 0.325 e. The van der Waals surface area contributed by atoms with Gasteiger partial charge in [0.2, 0.25) is 70.9 Å². The average Bonchev–Trinajstić information content (AvgIpc) is 1.76. The largest absolute Gasteiger partial charge is 0.481 e. The van der Waals surface area contributed by atoms with Gasteiger partial charge in [0.15, 0.2) is 0 Å². The molecular weight excluding hydrogens is 1300 g/mol. The molecule has 0 bridgehead atoms. The van der Waals surface area contributed by atoms with Gasteiger partial charge in [-0.1, -0.05) is 82.6 Å². The number of carbonyl (C=O) groups is 14. The predicted octanol–water partition coefficient (Wildman–Crippen LogP) is -7.22. The Morgan fingerprint density at radius 3 is 1.38 bits per heavy atom. The van der Waals surface area contributed by atoms with Crippen LogP contribution in [0.2, 0.25) is 0 Å². The van der Waals surface area contributed by atoms with Gasteiger partial charge in [-0.2, -0.15) is 0 Å². The van der Waals surface area contributed by atoms with Crippen molar-refractivity contribution in [2.75, 3.05) is 45.9 Å². The van der Waals surface area contributed by atoms with Crippen LogP contribution in [0.15, 0.2) is 60.8 Å². The first-order chi connectivity index (χ1) is 47.0. The molecule has 27 N–H and O–H groups in total. The van der Waals surface area contributed by atoms with Gasteiger partial charge < -0.3 is 118 Å². The summed E-state index contributed by atoms with van der Waals surface area (Å²) in [5.74, 6) is -15.6. The third kappa shape index (κ3) is 27.6. The van der Waals surface area contributed by atoms with Crippen LogP contribution >= 0.6 is 0 Å². The van der Waals surface area contributed by atoms with Gasteiger partial charge in [0, 0.05) is 36.4 Å². The molecule has 548 valence electrons. The molecule has 0 saturated heterocycles. The molecule has 99 heavy (non-hydrogen) atoms. The molecule has 0 saturated carbocycles. The lowest BCUT2D eigenvalue weighted by molar-refractivity contribution is -0.142. The van der Waals surface area contributed by atoms with Crippen LogP contribution in [0.4, 0.5) is 0 Å². The van der Waals surface area contributed by atoms with Crippen molar-refractivity contribution >= 4 is 93.7 Å². The first-order valence-electron chi connectivity index (χ1n) is 32.4. The Kier molecular flexibility index (Phi) is 36.1. The molecule has 12 amide bonds. The minimum Gasteiger partial charge on any atom is -0.481 e. The second kappa shape index (κ2) is 42.8. The third-order valence-corrected chi connectivity index (χ3v) is 15.8. The fraction of sp³-hybridized carbons (Fsp3) is 0.556. The summed E-state index contributed by atoms with van der Waals surface area (Å²) in [4.78, 5) is 192. The zero-order valence-electron chi connectivity index (χ0n) is 56.1. The number of nitrogens with two attached hydrogens (primary N) is 5. The van der Waals surface area contributed by atoms with Gasteiger partial charge >= 0.3 is 11.9 Å². The normalized spacial score (nSPS) is 15.1. The number of rotatable bonds is 45. The first-order valence-corrected chi connectivity index (χ1v) is 32.4. The van der Waals surface area contributed by atoms with E-state index in [2.05, 4.69) is 68.8 Å². The molecule has 36 heteroatoms. The Hall–Kier alpha value is -9.72. The molecule has 0 unspecified atom stereocenters. The number of aliphatic carboxylic acids is 2. The highest BCUT2D eigenvalue weighted by atomic mass is 16.4. The maximum absolute atomic E-state index is 14.5. The fourth-order valence-corrected chi connectivity index (χ4v) is 9.88. The maximum atomic E-state index is 14.5. The zero-order chi connectivity index (χ0) is 74.1. The molecule has 0 spiro atoms. The minimum atomic E-state index is -1.86. The summed E-state index contributed by atoms with van der Waals surface area (Å²) < 4.78 is 0. The number of benzene rings is 2. The van der Waals surface area contributed by atoms with Gasteiger partial charge in [0.05, 0.1) is 25.8 Å². The lowest BCUT2D eigenvalue weighted by atomic mass is 9.96. The topological polar surface area (TPSA) is 610 Å². The summed E-state index contributed by atoms with van der Waals surface area (Å²) >= 11 is 0. The van der Waals surface area contributed by atoms with E-state index in [1.165, 1.54) is 6.92 Å².